The van der Waals surface area contributed by atoms with Crippen LogP contribution in [0.25, 0.3) is 0 Å². The van der Waals surface area contributed by atoms with Gasteiger partial charge in [0.1, 0.15) is 13.2 Å². The molecule has 0 aliphatic heterocycles. The zero-order chi connectivity index (χ0) is 58.5. The van der Waals surface area contributed by atoms with E-state index in [1.54, 1.807) is 0 Å². The Bertz CT molecular complexity index is 1490. The third-order valence-corrected chi connectivity index (χ3v) is 15.7. The number of allylic oxidation sites excluding steroid dienone is 11. The van der Waals surface area contributed by atoms with Crippen molar-refractivity contribution in [3.05, 3.63) is 72.9 Å². The van der Waals surface area contributed by atoms with Gasteiger partial charge in [0, 0.05) is 12.8 Å². The molecule has 0 radical (unpaired) electrons. The first-order valence-electron chi connectivity index (χ1n) is 35.4. The number of ether oxygens (including phenoxy) is 3. The molecule has 470 valence electrons. The molecule has 1 unspecified atom stereocenters. The zero-order valence-electron chi connectivity index (χ0n) is 54.1. The van der Waals surface area contributed by atoms with E-state index in [-0.39, 0.29) is 31.6 Å². The molecule has 0 spiro atoms. The smallest absolute Gasteiger partial charge is 0.309 e. The Kier molecular flexibility index (Phi) is 66.6. The Morgan fingerprint density at radius 3 is 0.852 bits per heavy atom. The highest BCUT2D eigenvalue weighted by Gasteiger charge is 2.19. The van der Waals surface area contributed by atoms with Crippen molar-refractivity contribution in [1.29, 1.82) is 0 Å². The molecule has 6 nitrogen and oxygen atoms in total. The Labute approximate surface area is 503 Å². The number of hydrogen-bond donors (Lipinski definition) is 0. The second kappa shape index (κ2) is 69.3. The van der Waals surface area contributed by atoms with Crippen LogP contribution < -0.4 is 0 Å². The molecule has 0 saturated heterocycles. The number of hydrogen-bond acceptors (Lipinski definition) is 6. The van der Waals surface area contributed by atoms with Gasteiger partial charge in [-0.3, -0.25) is 14.4 Å². The summed E-state index contributed by atoms with van der Waals surface area (Å²) in [6.45, 7) is 6.49. The Balaban J connectivity index is 4.27. The van der Waals surface area contributed by atoms with Crippen molar-refractivity contribution >= 4 is 17.9 Å². The van der Waals surface area contributed by atoms with Crippen LogP contribution in [-0.2, 0) is 28.6 Å². The first-order valence-corrected chi connectivity index (χ1v) is 35.4. The zero-order valence-corrected chi connectivity index (χ0v) is 54.1. The van der Waals surface area contributed by atoms with Crippen LogP contribution in [0.15, 0.2) is 72.9 Å². The molecule has 0 heterocycles. The van der Waals surface area contributed by atoms with Crippen LogP contribution >= 0.6 is 0 Å². The van der Waals surface area contributed by atoms with E-state index in [0.29, 0.717) is 12.8 Å². The van der Waals surface area contributed by atoms with Gasteiger partial charge < -0.3 is 14.2 Å². The van der Waals surface area contributed by atoms with Crippen molar-refractivity contribution in [2.24, 2.45) is 0 Å². The van der Waals surface area contributed by atoms with E-state index in [1.807, 2.05) is 12.2 Å². The van der Waals surface area contributed by atoms with Gasteiger partial charge in [0.2, 0.25) is 0 Å². The molecule has 0 aromatic heterocycles. The standard InChI is InChI=1S/C75H134O6/c1-4-7-10-13-16-19-22-25-28-30-32-33-34-35-36-37-38-39-40-41-43-44-47-50-53-56-59-62-65-68-74(77)80-71-72(70-79-73(76)67-64-61-58-55-52-49-46-27-24-21-18-15-12-9-6-3)81-75(78)69-66-63-60-57-54-51-48-45-42-31-29-26-23-20-17-14-11-8-5-2/h9,12,18,21,26-27,29,46,52,55,61,64,72H,4-8,10-11,13-17,19-20,22-25,28,30-45,47-51,53-54,56-60,62-63,65-71H2,1-3H3/b12-9-,21-18-,29-26-,46-27-,55-52-,64-61-. The van der Waals surface area contributed by atoms with Crippen molar-refractivity contribution in [1.82, 2.24) is 0 Å². The fourth-order valence-electron chi connectivity index (χ4n) is 10.5. The number of esters is 3. The molecule has 0 aromatic rings. The third-order valence-electron chi connectivity index (χ3n) is 15.7. The van der Waals surface area contributed by atoms with Crippen LogP contribution in [0, 0.1) is 0 Å². The van der Waals surface area contributed by atoms with Crippen LogP contribution in [0.3, 0.4) is 0 Å². The van der Waals surface area contributed by atoms with Gasteiger partial charge in [-0.2, -0.15) is 0 Å². The number of unbranched alkanes of at least 4 members (excludes halogenated alkanes) is 43. The quantitative estimate of drug-likeness (QED) is 0.0261. The molecular formula is C75H134O6. The minimum atomic E-state index is -0.817. The summed E-state index contributed by atoms with van der Waals surface area (Å²) in [5, 5.41) is 0. The number of carbonyl (C=O) groups excluding carboxylic acids is 3. The molecule has 0 N–H and O–H groups in total. The van der Waals surface area contributed by atoms with Crippen LogP contribution in [0.5, 0.6) is 0 Å². The summed E-state index contributed by atoms with van der Waals surface area (Å²) in [6.07, 6.45) is 91.2. The number of rotatable bonds is 65. The summed E-state index contributed by atoms with van der Waals surface area (Å²) in [5.74, 6) is -1.02. The van der Waals surface area contributed by atoms with Gasteiger partial charge in [-0.1, -0.05) is 351 Å². The van der Waals surface area contributed by atoms with Gasteiger partial charge >= 0.3 is 17.9 Å². The highest BCUT2D eigenvalue weighted by atomic mass is 16.6. The molecule has 0 amide bonds. The lowest BCUT2D eigenvalue weighted by atomic mass is 10.0. The topological polar surface area (TPSA) is 78.9 Å². The molecule has 0 aliphatic rings. The van der Waals surface area contributed by atoms with Gasteiger partial charge in [0.15, 0.2) is 6.10 Å². The van der Waals surface area contributed by atoms with Crippen LogP contribution in [0.2, 0.25) is 0 Å². The van der Waals surface area contributed by atoms with Crippen molar-refractivity contribution in [3.8, 4) is 0 Å². The van der Waals surface area contributed by atoms with Gasteiger partial charge in [0.25, 0.3) is 0 Å². The Morgan fingerprint density at radius 2 is 0.531 bits per heavy atom. The predicted molar refractivity (Wildman–Crippen MR) is 353 cm³/mol. The largest absolute Gasteiger partial charge is 0.462 e. The molecule has 0 rings (SSSR count). The van der Waals surface area contributed by atoms with E-state index in [2.05, 4.69) is 81.5 Å². The lowest BCUT2D eigenvalue weighted by Gasteiger charge is -2.18. The van der Waals surface area contributed by atoms with E-state index in [9.17, 15) is 14.4 Å². The molecule has 0 fully saturated rings. The fourth-order valence-corrected chi connectivity index (χ4v) is 10.5. The maximum Gasteiger partial charge on any atom is 0.309 e. The second-order valence-electron chi connectivity index (χ2n) is 23.8. The van der Waals surface area contributed by atoms with Crippen molar-refractivity contribution in [2.75, 3.05) is 13.2 Å². The highest BCUT2D eigenvalue weighted by molar-refractivity contribution is 5.72. The normalized spacial score (nSPS) is 12.5. The maximum absolute atomic E-state index is 12.9. The SMILES string of the molecule is CC/C=C\C/C=C\C/C=C\C/C=C\C/C=C\CC(=O)OCC(COC(=O)CCCCCCCCCCCCCCCCCCCCCCCCCCCCCCC)OC(=O)CCCCCCCCCCC/C=C\CCCCCCCC. The van der Waals surface area contributed by atoms with Crippen molar-refractivity contribution in [2.45, 2.75) is 374 Å². The molecule has 0 bridgehead atoms. The lowest BCUT2D eigenvalue weighted by molar-refractivity contribution is -0.166. The molecule has 6 heteroatoms. The average Bonchev–Trinajstić information content (AvgIpc) is 3.47. The van der Waals surface area contributed by atoms with E-state index in [0.717, 1.165) is 70.6 Å². The fraction of sp³-hybridized carbons (Fsp3) is 0.800. The summed E-state index contributed by atoms with van der Waals surface area (Å²) in [4.78, 5) is 38.3. The van der Waals surface area contributed by atoms with E-state index >= 15 is 0 Å². The minimum absolute atomic E-state index is 0.103. The first-order chi connectivity index (χ1) is 40.0. The van der Waals surface area contributed by atoms with Crippen LogP contribution in [0.4, 0.5) is 0 Å². The summed E-state index contributed by atoms with van der Waals surface area (Å²) >= 11 is 0. The third kappa shape index (κ3) is 67.5. The van der Waals surface area contributed by atoms with Gasteiger partial charge in [-0.25, -0.2) is 0 Å². The van der Waals surface area contributed by atoms with E-state index in [4.69, 9.17) is 14.2 Å². The van der Waals surface area contributed by atoms with Gasteiger partial charge in [0.05, 0.1) is 6.42 Å². The van der Waals surface area contributed by atoms with Crippen LogP contribution in [-0.4, -0.2) is 37.2 Å². The molecular weight excluding hydrogens is 997 g/mol. The first kappa shape index (κ1) is 77.9. The van der Waals surface area contributed by atoms with Gasteiger partial charge in [-0.15, -0.1) is 0 Å². The van der Waals surface area contributed by atoms with Crippen molar-refractivity contribution in [3.63, 3.8) is 0 Å². The highest BCUT2D eigenvalue weighted by Crippen LogP contribution is 2.18. The summed E-state index contributed by atoms with van der Waals surface area (Å²) in [5.41, 5.74) is 0. The van der Waals surface area contributed by atoms with Crippen LogP contribution in [0.1, 0.15) is 367 Å². The number of carbonyl (C=O) groups is 3. The summed E-state index contributed by atoms with van der Waals surface area (Å²) in [7, 11) is 0. The van der Waals surface area contributed by atoms with E-state index < -0.39 is 12.1 Å². The maximum atomic E-state index is 12.9. The molecule has 0 saturated carbocycles. The average molecular weight is 1130 g/mol. The van der Waals surface area contributed by atoms with Gasteiger partial charge in [-0.05, 0) is 70.6 Å². The summed E-state index contributed by atoms with van der Waals surface area (Å²) in [6, 6.07) is 0. The minimum Gasteiger partial charge on any atom is -0.462 e. The second-order valence-corrected chi connectivity index (χ2v) is 23.8. The summed E-state index contributed by atoms with van der Waals surface area (Å²) < 4.78 is 16.9. The molecule has 81 heavy (non-hydrogen) atoms. The predicted octanol–water partition coefficient (Wildman–Crippen LogP) is 24.4. The molecule has 0 aromatic carbocycles. The lowest BCUT2D eigenvalue weighted by Crippen LogP contribution is -2.30. The Hall–Kier alpha value is -3.15. The monoisotopic (exact) mass is 1130 g/mol. The van der Waals surface area contributed by atoms with E-state index in [1.165, 1.54) is 257 Å². The van der Waals surface area contributed by atoms with Crippen molar-refractivity contribution < 1.29 is 28.6 Å². The molecule has 0 aliphatic carbocycles. The Morgan fingerprint density at radius 1 is 0.272 bits per heavy atom. The molecule has 1 atom stereocenters.